The molecule has 13 heavy (non-hydrogen) atoms. The fourth-order valence-electron chi connectivity index (χ4n) is 1.20. The highest BCUT2D eigenvalue weighted by Crippen LogP contribution is 2.19. The maximum atomic E-state index is 5.97. The summed E-state index contributed by atoms with van der Waals surface area (Å²) in [6, 6.07) is 8.17. The van der Waals surface area contributed by atoms with E-state index in [-0.39, 0.29) is 6.04 Å². The molecule has 0 fully saturated rings. The molecule has 1 aromatic rings. The highest BCUT2D eigenvalue weighted by atomic mass is 79.9. The Morgan fingerprint density at radius 3 is 2.46 bits per heavy atom. The molecule has 1 rings (SSSR count). The van der Waals surface area contributed by atoms with Gasteiger partial charge < -0.3 is 5.73 Å². The second-order valence-corrected chi connectivity index (χ2v) is 4.23. The van der Waals surface area contributed by atoms with Crippen molar-refractivity contribution in [2.45, 2.75) is 19.4 Å². The van der Waals surface area contributed by atoms with Gasteiger partial charge in [0.05, 0.1) is 0 Å². The van der Waals surface area contributed by atoms with Gasteiger partial charge >= 0.3 is 0 Å². The molecule has 0 saturated carbocycles. The Balaban J connectivity index is 2.71. The van der Waals surface area contributed by atoms with Crippen molar-refractivity contribution in [3.05, 3.63) is 46.5 Å². The van der Waals surface area contributed by atoms with Crippen molar-refractivity contribution in [1.82, 2.24) is 0 Å². The van der Waals surface area contributed by atoms with E-state index in [0.29, 0.717) is 0 Å². The van der Waals surface area contributed by atoms with E-state index in [0.717, 1.165) is 22.0 Å². The van der Waals surface area contributed by atoms with Crippen LogP contribution in [-0.4, -0.2) is 0 Å². The first-order valence-electron chi connectivity index (χ1n) is 4.25. The van der Waals surface area contributed by atoms with Crippen molar-refractivity contribution in [3.8, 4) is 0 Å². The van der Waals surface area contributed by atoms with Crippen LogP contribution in [0.25, 0.3) is 0 Å². The zero-order valence-corrected chi connectivity index (χ0v) is 9.34. The molecule has 0 aliphatic heterocycles. The van der Waals surface area contributed by atoms with Gasteiger partial charge in [0.2, 0.25) is 0 Å². The van der Waals surface area contributed by atoms with Crippen LogP contribution in [0.2, 0.25) is 0 Å². The van der Waals surface area contributed by atoms with E-state index >= 15 is 0 Å². The summed E-state index contributed by atoms with van der Waals surface area (Å²) in [5.74, 6) is 0. The molecule has 1 aromatic carbocycles. The number of hydrogen-bond donors (Lipinski definition) is 1. The highest BCUT2D eigenvalue weighted by Gasteiger charge is 2.04. The average Bonchev–Trinajstić information content (AvgIpc) is 2.04. The minimum Gasteiger partial charge on any atom is -0.324 e. The molecule has 0 heterocycles. The molecule has 0 aromatic heterocycles. The van der Waals surface area contributed by atoms with E-state index in [2.05, 4.69) is 22.5 Å². The van der Waals surface area contributed by atoms with E-state index < -0.39 is 0 Å². The monoisotopic (exact) mass is 239 g/mol. The molecular weight excluding hydrogens is 226 g/mol. The van der Waals surface area contributed by atoms with E-state index in [1.165, 1.54) is 0 Å². The van der Waals surface area contributed by atoms with Gasteiger partial charge in [-0.1, -0.05) is 33.6 Å². The van der Waals surface area contributed by atoms with Gasteiger partial charge in [0.15, 0.2) is 0 Å². The third-order valence-corrected chi connectivity index (χ3v) is 2.40. The molecular formula is C11H14BrN. The van der Waals surface area contributed by atoms with Crippen molar-refractivity contribution in [3.63, 3.8) is 0 Å². The molecule has 0 spiro atoms. The first-order chi connectivity index (χ1) is 6.09. The zero-order valence-electron chi connectivity index (χ0n) is 7.76. The smallest absolute Gasteiger partial charge is 0.0332 e. The highest BCUT2D eigenvalue weighted by molar-refractivity contribution is 9.10. The molecule has 1 atom stereocenters. The molecule has 70 valence electrons. The molecule has 1 nitrogen and oxygen atoms in total. The molecule has 0 unspecified atom stereocenters. The number of benzene rings is 1. The second-order valence-electron chi connectivity index (χ2n) is 3.32. The van der Waals surface area contributed by atoms with Crippen LogP contribution in [0.1, 0.15) is 24.9 Å². The largest absolute Gasteiger partial charge is 0.324 e. The SMILES string of the molecule is C=C(C)C[C@H](N)c1ccc(Br)cc1. The fraction of sp³-hybridized carbons (Fsp3) is 0.273. The number of halogens is 1. The van der Waals surface area contributed by atoms with Crippen LogP contribution < -0.4 is 5.73 Å². The maximum absolute atomic E-state index is 5.97. The van der Waals surface area contributed by atoms with E-state index in [4.69, 9.17) is 5.73 Å². The molecule has 0 radical (unpaired) electrons. The van der Waals surface area contributed by atoms with Crippen molar-refractivity contribution in [1.29, 1.82) is 0 Å². The van der Waals surface area contributed by atoms with Crippen LogP contribution in [-0.2, 0) is 0 Å². The van der Waals surface area contributed by atoms with Crippen LogP contribution in [0, 0.1) is 0 Å². The molecule has 2 N–H and O–H groups in total. The van der Waals surface area contributed by atoms with Gasteiger partial charge in [-0.25, -0.2) is 0 Å². The summed E-state index contributed by atoms with van der Waals surface area (Å²) in [6.45, 7) is 5.85. The summed E-state index contributed by atoms with van der Waals surface area (Å²) < 4.78 is 1.08. The molecule has 0 aliphatic rings. The number of nitrogens with two attached hydrogens (primary N) is 1. The Kier molecular flexibility index (Phi) is 3.70. The number of hydrogen-bond acceptors (Lipinski definition) is 1. The van der Waals surface area contributed by atoms with Crippen molar-refractivity contribution in [2.24, 2.45) is 5.73 Å². The van der Waals surface area contributed by atoms with Crippen LogP contribution in [0.3, 0.4) is 0 Å². The van der Waals surface area contributed by atoms with Crippen LogP contribution >= 0.6 is 15.9 Å². The minimum absolute atomic E-state index is 0.0746. The Bertz CT molecular complexity index is 289. The van der Waals surface area contributed by atoms with Crippen molar-refractivity contribution < 1.29 is 0 Å². The summed E-state index contributed by atoms with van der Waals surface area (Å²) in [5, 5.41) is 0. The third-order valence-electron chi connectivity index (χ3n) is 1.87. The predicted molar refractivity (Wildman–Crippen MR) is 60.5 cm³/mol. The first kappa shape index (κ1) is 10.5. The molecule has 0 amide bonds. The summed E-state index contributed by atoms with van der Waals surface area (Å²) >= 11 is 3.39. The van der Waals surface area contributed by atoms with Crippen molar-refractivity contribution >= 4 is 15.9 Å². The van der Waals surface area contributed by atoms with Gasteiger partial charge in [-0.2, -0.15) is 0 Å². The van der Waals surface area contributed by atoms with E-state index in [1.54, 1.807) is 0 Å². The maximum Gasteiger partial charge on any atom is 0.0332 e. The zero-order chi connectivity index (χ0) is 9.84. The second kappa shape index (κ2) is 4.58. The Labute approximate surface area is 87.8 Å². The van der Waals surface area contributed by atoms with Crippen LogP contribution in [0.4, 0.5) is 0 Å². The molecule has 0 saturated heterocycles. The Morgan fingerprint density at radius 1 is 1.46 bits per heavy atom. The lowest BCUT2D eigenvalue weighted by Gasteiger charge is -2.11. The summed E-state index contributed by atoms with van der Waals surface area (Å²) in [4.78, 5) is 0. The fourth-order valence-corrected chi connectivity index (χ4v) is 1.47. The third kappa shape index (κ3) is 3.33. The normalized spacial score (nSPS) is 12.5. The van der Waals surface area contributed by atoms with Gasteiger partial charge in [-0.3, -0.25) is 0 Å². The van der Waals surface area contributed by atoms with E-state index in [1.807, 2.05) is 31.2 Å². The van der Waals surface area contributed by atoms with Crippen LogP contribution in [0.5, 0.6) is 0 Å². The summed E-state index contributed by atoms with van der Waals surface area (Å²) in [6.07, 6.45) is 0.849. The predicted octanol–water partition coefficient (Wildman–Crippen LogP) is 3.42. The Hall–Kier alpha value is -0.600. The number of rotatable bonds is 3. The topological polar surface area (TPSA) is 26.0 Å². The molecule has 2 heteroatoms. The molecule has 0 bridgehead atoms. The summed E-state index contributed by atoms with van der Waals surface area (Å²) in [5.41, 5.74) is 8.25. The van der Waals surface area contributed by atoms with E-state index in [9.17, 15) is 0 Å². The molecule has 0 aliphatic carbocycles. The van der Waals surface area contributed by atoms with Gasteiger partial charge in [0.25, 0.3) is 0 Å². The standard InChI is InChI=1S/C11H14BrN/c1-8(2)7-11(13)9-3-5-10(12)6-4-9/h3-6,11H,1,7,13H2,2H3/t11-/m0/s1. The van der Waals surface area contributed by atoms with Gasteiger partial charge in [-0.15, -0.1) is 6.58 Å². The summed E-state index contributed by atoms with van der Waals surface area (Å²) in [7, 11) is 0. The van der Waals surface area contributed by atoms with Crippen molar-refractivity contribution in [2.75, 3.05) is 0 Å². The van der Waals surface area contributed by atoms with Crippen LogP contribution in [0.15, 0.2) is 40.9 Å². The van der Waals surface area contributed by atoms with Gasteiger partial charge in [0.1, 0.15) is 0 Å². The average molecular weight is 240 g/mol. The lowest BCUT2D eigenvalue weighted by molar-refractivity contribution is 0.717. The quantitative estimate of drug-likeness (QED) is 0.805. The lowest BCUT2D eigenvalue weighted by Crippen LogP contribution is -2.09. The minimum atomic E-state index is 0.0746. The van der Waals surface area contributed by atoms with Gasteiger partial charge in [0, 0.05) is 10.5 Å². The van der Waals surface area contributed by atoms with Gasteiger partial charge in [-0.05, 0) is 31.0 Å². The Morgan fingerprint density at radius 2 is 2.00 bits per heavy atom. The lowest BCUT2D eigenvalue weighted by atomic mass is 10.0. The first-order valence-corrected chi connectivity index (χ1v) is 5.04.